The van der Waals surface area contributed by atoms with Gasteiger partial charge in [0.2, 0.25) is 0 Å². The van der Waals surface area contributed by atoms with Gasteiger partial charge in [0.1, 0.15) is 5.76 Å². The van der Waals surface area contributed by atoms with Crippen molar-refractivity contribution in [1.82, 2.24) is 4.90 Å². The van der Waals surface area contributed by atoms with Crippen LogP contribution in [0.25, 0.3) is 11.3 Å². The molecule has 0 unspecified atom stereocenters. The molecule has 0 spiro atoms. The average molecular weight is 241 g/mol. The maximum absolute atomic E-state index is 5.39. The average Bonchev–Trinajstić information content (AvgIpc) is 3.10. The molecule has 0 bridgehead atoms. The standard InChI is InChI=1S/C16H19NO/c1-2-11-17(10-1)12-9-14-5-7-15(8-6-14)16-4-3-13-18-16/h3-8,13H,1-2,9-12H2. The van der Waals surface area contributed by atoms with E-state index in [4.69, 9.17) is 4.42 Å². The van der Waals surface area contributed by atoms with E-state index < -0.39 is 0 Å². The minimum atomic E-state index is 0.945. The molecule has 0 N–H and O–H groups in total. The number of likely N-dealkylation sites (tertiary alicyclic amines) is 1. The van der Waals surface area contributed by atoms with Crippen molar-refractivity contribution in [2.24, 2.45) is 0 Å². The molecule has 0 aliphatic carbocycles. The third kappa shape index (κ3) is 2.65. The fourth-order valence-electron chi connectivity index (χ4n) is 2.57. The van der Waals surface area contributed by atoms with E-state index in [1.165, 1.54) is 38.0 Å². The predicted molar refractivity (Wildman–Crippen MR) is 73.5 cm³/mol. The number of rotatable bonds is 4. The van der Waals surface area contributed by atoms with E-state index in [1.54, 1.807) is 6.26 Å². The highest BCUT2D eigenvalue weighted by Crippen LogP contribution is 2.20. The first kappa shape index (κ1) is 11.5. The minimum absolute atomic E-state index is 0.945. The Balaban J connectivity index is 1.60. The van der Waals surface area contributed by atoms with Gasteiger partial charge in [-0.3, -0.25) is 0 Å². The molecule has 1 saturated heterocycles. The van der Waals surface area contributed by atoms with E-state index in [0.29, 0.717) is 0 Å². The van der Waals surface area contributed by atoms with Gasteiger partial charge >= 0.3 is 0 Å². The van der Waals surface area contributed by atoms with Crippen LogP contribution in [0.1, 0.15) is 18.4 Å². The van der Waals surface area contributed by atoms with E-state index in [9.17, 15) is 0 Å². The Morgan fingerprint density at radius 2 is 1.78 bits per heavy atom. The van der Waals surface area contributed by atoms with E-state index in [2.05, 4.69) is 29.2 Å². The molecular formula is C16H19NO. The summed E-state index contributed by atoms with van der Waals surface area (Å²) < 4.78 is 5.39. The maximum Gasteiger partial charge on any atom is 0.133 e. The Hall–Kier alpha value is -1.54. The van der Waals surface area contributed by atoms with Crippen molar-refractivity contribution in [3.05, 3.63) is 48.2 Å². The van der Waals surface area contributed by atoms with Gasteiger partial charge in [-0.05, 0) is 50.0 Å². The van der Waals surface area contributed by atoms with Gasteiger partial charge in [-0.25, -0.2) is 0 Å². The Bertz CT molecular complexity index is 466. The molecule has 1 aliphatic heterocycles. The van der Waals surface area contributed by atoms with Gasteiger partial charge in [-0.2, -0.15) is 0 Å². The lowest BCUT2D eigenvalue weighted by Crippen LogP contribution is -2.21. The molecule has 18 heavy (non-hydrogen) atoms. The summed E-state index contributed by atoms with van der Waals surface area (Å²) in [5.41, 5.74) is 2.57. The smallest absolute Gasteiger partial charge is 0.133 e. The molecule has 1 fully saturated rings. The van der Waals surface area contributed by atoms with Crippen molar-refractivity contribution in [3.63, 3.8) is 0 Å². The van der Waals surface area contributed by atoms with Gasteiger partial charge < -0.3 is 9.32 Å². The van der Waals surface area contributed by atoms with Crippen molar-refractivity contribution in [2.75, 3.05) is 19.6 Å². The number of nitrogens with zero attached hydrogens (tertiary/aromatic N) is 1. The Kier molecular flexibility index (Phi) is 3.47. The highest BCUT2D eigenvalue weighted by molar-refractivity contribution is 5.57. The lowest BCUT2D eigenvalue weighted by Gasteiger charge is -2.14. The molecule has 0 saturated carbocycles. The molecular weight excluding hydrogens is 222 g/mol. The number of hydrogen-bond acceptors (Lipinski definition) is 2. The molecule has 1 aliphatic rings. The van der Waals surface area contributed by atoms with Crippen LogP contribution in [0.5, 0.6) is 0 Å². The van der Waals surface area contributed by atoms with Crippen molar-refractivity contribution >= 4 is 0 Å². The summed E-state index contributed by atoms with van der Waals surface area (Å²) in [5, 5.41) is 0. The van der Waals surface area contributed by atoms with Crippen molar-refractivity contribution in [1.29, 1.82) is 0 Å². The summed E-state index contributed by atoms with van der Waals surface area (Å²) in [4.78, 5) is 2.56. The zero-order valence-electron chi connectivity index (χ0n) is 10.6. The second kappa shape index (κ2) is 5.40. The maximum atomic E-state index is 5.39. The van der Waals surface area contributed by atoms with E-state index >= 15 is 0 Å². The lowest BCUT2D eigenvalue weighted by molar-refractivity contribution is 0.343. The normalized spacial score (nSPS) is 16.2. The largest absolute Gasteiger partial charge is 0.464 e. The van der Waals surface area contributed by atoms with Crippen LogP contribution < -0.4 is 0 Å². The van der Waals surface area contributed by atoms with Crippen LogP contribution >= 0.6 is 0 Å². The summed E-state index contributed by atoms with van der Waals surface area (Å²) in [6.45, 7) is 3.76. The topological polar surface area (TPSA) is 16.4 Å². The van der Waals surface area contributed by atoms with Crippen LogP contribution in [-0.4, -0.2) is 24.5 Å². The molecule has 2 nitrogen and oxygen atoms in total. The van der Waals surface area contributed by atoms with E-state index in [0.717, 1.165) is 17.7 Å². The van der Waals surface area contributed by atoms with E-state index in [1.807, 2.05) is 12.1 Å². The molecule has 1 aromatic heterocycles. The Labute approximate surface area is 108 Å². The second-order valence-corrected chi connectivity index (χ2v) is 4.97. The molecule has 0 amide bonds. The second-order valence-electron chi connectivity index (χ2n) is 4.97. The van der Waals surface area contributed by atoms with Crippen LogP contribution in [0.3, 0.4) is 0 Å². The first-order valence-corrected chi connectivity index (χ1v) is 6.77. The SMILES string of the molecule is c1coc(-c2ccc(CCN3CCCC3)cc2)c1. The fraction of sp³-hybridized carbons (Fsp3) is 0.375. The summed E-state index contributed by atoms with van der Waals surface area (Å²) in [7, 11) is 0. The quantitative estimate of drug-likeness (QED) is 0.813. The number of hydrogen-bond donors (Lipinski definition) is 0. The lowest BCUT2D eigenvalue weighted by atomic mass is 10.1. The van der Waals surface area contributed by atoms with Crippen LogP contribution in [0.4, 0.5) is 0 Å². The van der Waals surface area contributed by atoms with Crippen LogP contribution in [0.2, 0.25) is 0 Å². The van der Waals surface area contributed by atoms with Crippen molar-refractivity contribution in [2.45, 2.75) is 19.3 Å². The van der Waals surface area contributed by atoms with Gasteiger partial charge in [0.05, 0.1) is 6.26 Å². The molecule has 2 heteroatoms. The van der Waals surface area contributed by atoms with Gasteiger partial charge in [0, 0.05) is 12.1 Å². The van der Waals surface area contributed by atoms with Crippen LogP contribution in [-0.2, 0) is 6.42 Å². The van der Waals surface area contributed by atoms with Crippen molar-refractivity contribution < 1.29 is 4.42 Å². The van der Waals surface area contributed by atoms with Crippen LogP contribution in [0.15, 0.2) is 47.1 Å². The highest BCUT2D eigenvalue weighted by atomic mass is 16.3. The van der Waals surface area contributed by atoms with Crippen molar-refractivity contribution in [3.8, 4) is 11.3 Å². The van der Waals surface area contributed by atoms with E-state index in [-0.39, 0.29) is 0 Å². The summed E-state index contributed by atoms with van der Waals surface area (Å²) in [5.74, 6) is 0.945. The molecule has 3 rings (SSSR count). The first-order chi connectivity index (χ1) is 8.92. The summed E-state index contributed by atoms with van der Waals surface area (Å²) in [6, 6.07) is 12.7. The number of benzene rings is 1. The monoisotopic (exact) mass is 241 g/mol. The fourth-order valence-corrected chi connectivity index (χ4v) is 2.57. The van der Waals surface area contributed by atoms with Gasteiger partial charge in [-0.1, -0.05) is 24.3 Å². The molecule has 1 aromatic carbocycles. The van der Waals surface area contributed by atoms with Gasteiger partial charge in [0.25, 0.3) is 0 Å². The Morgan fingerprint density at radius 3 is 2.44 bits per heavy atom. The third-order valence-electron chi connectivity index (χ3n) is 3.68. The molecule has 2 aromatic rings. The summed E-state index contributed by atoms with van der Waals surface area (Å²) in [6.07, 6.45) is 5.61. The zero-order chi connectivity index (χ0) is 12.2. The van der Waals surface area contributed by atoms with Crippen LogP contribution in [0, 0.1) is 0 Å². The molecule has 0 atom stereocenters. The highest BCUT2D eigenvalue weighted by Gasteiger charge is 2.10. The number of furan rings is 1. The first-order valence-electron chi connectivity index (χ1n) is 6.77. The Morgan fingerprint density at radius 1 is 1.00 bits per heavy atom. The molecule has 0 radical (unpaired) electrons. The zero-order valence-corrected chi connectivity index (χ0v) is 10.6. The molecule has 94 valence electrons. The van der Waals surface area contributed by atoms with Gasteiger partial charge in [-0.15, -0.1) is 0 Å². The molecule has 2 heterocycles. The van der Waals surface area contributed by atoms with Gasteiger partial charge in [0.15, 0.2) is 0 Å². The predicted octanol–water partition coefficient (Wildman–Crippen LogP) is 3.58. The summed E-state index contributed by atoms with van der Waals surface area (Å²) >= 11 is 0. The third-order valence-corrected chi connectivity index (χ3v) is 3.68. The minimum Gasteiger partial charge on any atom is -0.464 e.